The molecule has 1 N–H and O–H groups in total. The van der Waals surface area contributed by atoms with Crippen LogP contribution in [0.15, 0.2) is 24.3 Å². The predicted octanol–water partition coefficient (Wildman–Crippen LogP) is 2.29. The molecule has 0 bridgehead atoms. The molecule has 0 heterocycles. The minimum Gasteiger partial charge on any atom is -0.384 e. The molecule has 0 saturated heterocycles. The largest absolute Gasteiger partial charge is 0.384 e. The molecular formula is C10H12N2S. The number of anilines is 1. The average molecular weight is 192 g/mol. The van der Waals surface area contributed by atoms with Crippen LogP contribution >= 0.6 is 12.6 Å². The second-order valence-electron chi connectivity index (χ2n) is 2.66. The molecule has 0 saturated carbocycles. The van der Waals surface area contributed by atoms with Gasteiger partial charge in [-0.3, -0.25) is 0 Å². The lowest BCUT2D eigenvalue weighted by Gasteiger charge is -2.05. The van der Waals surface area contributed by atoms with E-state index in [1.807, 2.05) is 24.3 Å². The van der Waals surface area contributed by atoms with E-state index in [1.54, 1.807) is 0 Å². The molecule has 1 aromatic rings. The molecule has 0 unspecified atom stereocenters. The van der Waals surface area contributed by atoms with E-state index in [2.05, 4.69) is 24.0 Å². The first-order chi connectivity index (χ1) is 6.38. The van der Waals surface area contributed by atoms with Crippen molar-refractivity contribution in [3.05, 3.63) is 29.8 Å². The van der Waals surface area contributed by atoms with Crippen LogP contribution in [0.5, 0.6) is 0 Å². The van der Waals surface area contributed by atoms with Crippen molar-refractivity contribution in [1.82, 2.24) is 0 Å². The van der Waals surface area contributed by atoms with Crippen LogP contribution in [0.4, 0.5) is 5.69 Å². The third-order valence-electron chi connectivity index (χ3n) is 1.70. The van der Waals surface area contributed by atoms with Crippen LogP contribution in [0.25, 0.3) is 0 Å². The zero-order valence-electron chi connectivity index (χ0n) is 7.33. The van der Waals surface area contributed by atoms with Gasteiger partial charge in [0.25, 0.3) is 0 Å². The van der Waals surface area contributed by atoms with Gasteiger partial charge in [0, 0.05) is 6.54 Å². The molecule has 0 aliphatic carbocycles. The fourth-order valence-corrected chi connectivity index (χ4v) is 1.19. The Hall–Kier alpha value is -1.14. The Morgan fingerprint density at radius 1 is 1.38 bits per heavy atom. The van der Waals surface area contributed by atoms with Gasteiger partial charge in [-0.15, -0.1) is 0 Å². The highest BCUT2D eigenvalue weighted by Crippen LogP contribution is 2.12. The first kappa shape index (κ1) is 9.94. The first-order valence-electron chi connectivity index (χ1n) is 4.22. The summed E-state index contributed by atoms with van der Waals surface area (Å²) in [6.07, 6.45) is 1.00. The minimum atomic E-state index is 0.696. The van der Waals surface area contributed by atoms with Crippen molar-refractivity contribution in [2.24, 2.45) is 0 Å². The van der Waals surface area contributed by atoms with Gasteiger partial charge in [-0.25, -0.2) is 0 Å². The van der Waals surface area contributed by atoms with Gasteiger partial charge in [0.1, 0.15) is 6.07 Å². The third kappa shape index (κ3) is 3.00. The Balaban J connectivity index is 2.60. The van der Waals surface area contributed by atoms with Crippen LogP contribution in [0, 0.1) is 11.3 Å². The molecular weight excluding hydrogens is 180 g/mol. The summed E-state index contributed by atoms with van der Waals surface area (Å²) in [7, 11) is 0. The molecule has 0 aliphatic heterocycles. The Bertz CT molecular complexity index is 304. The smallest absolute Gasteiger partial charge is 0.101 e. The van der Waals surface area contributed by atoms with E-state index in [-0.39, 0.29) is 0 Å². The lowest BCUT2D eigenvalue weighted by atomic mass is 10.2. The van der Waals surface area contributed by atoms with Crippen molar-refractivity contribution in [2.45, 2.75) is 6.42 Å². The van der Waals surface area contributed by atoms with Crippen LogP contribution in [0.3, 0.4) is 0 Å². The average Bonchev–Trinajstić information content (AvgIpc) is 2.19. The Kier molecular flexibility index (Phi) is 4.20. The van der Waals surface area contributed by atoms with Gasteiger partial charge in [-0.1, -0.05) is 12.1 Å². The molecule has 0 radical (unpaired) electrons. The summed E-state index contributed by atoms with van der Waals surface area (Å²) in [6.45, 7) is 0.863. The zero-order chi connectivity index (χ0) is 9.52. The fourth-order valence-electron chi connectivity index (χ4n) is 1.04. The molecule has 0 fully saturated rings. The number of benzene rings is 1. The standard InChI is InChI=1S/C10H12N2S/c11-8-9-4-1-2-5-10(9)12-6-3-7-13/h1-2,4-5,12-13H,3,6-7H2. The van der Waals surface area contributed by atoms with E-state index in [0.29, 0.717) is 5.56 Å². The third-order valence-corrected chi connectivity index (χ3v) is 2.01. The molecule has 0 aliphatic rings. The van der Waals surface area contributed by atoms with E-state index in [1.165, 1.54) is 0 Å². The van der Waals surface area contributed by atoms with Crippen LogP contribution in [0.2, 0.25) is 0 Å². The van der Waals surface area contributed by atoms with Crippen LogP contribution < -0.4 is 5.32 Å². The van der Waals surface area contributed by atoms with E-state index in [4.69, 9.17) is 5.26 Å². The Morgan fingerprint density at radius 3 is 2.85 bits per heavy atom. The molecule has 68 valence electrons. The van der Waals surface area contributed by atoms with Gasteiger partial charge >= 0.3 is 0 Å². The summed E-state index contributed by atoms with van der Waals surface area (Å²) < 4.78 is 0. The van der Waals surface area contributed by atoms with Crippen molar-refractivity contribution in [3.63, 3.8) is 0 Å². The number of hydrogen-bond donors (Lipinski definition) is 2. The van der Waals surface area contributed by atoms with Crippen LogP contribution in [-0.4, -0.2) is 12.3 Å². The fraction of sp³-hybridized carbons (Fsp3) is 0.300. The number of rotatable bonds is 4. The molecule has 0 aromatic heterocycles. The second-order valence-corrected chi connectivity index (χ2v) is 3.11. The first-order valence-corrected chi connectivity index (χ1v) is 4.85. The SMILES string of the molecule is N#Cc1ccccc1NCCCS. The van der Waals surface area contributed by atoms with Gasteiger partial charge in [-0.05, 0) is 24.3 Å². The molecule has 0 atom stereocenters. The summed E-state index contributed by atoms with van der Waals surface area (Å²) in [5, 5.41) is 12.0. The van der Waals surface area contributed by atoms with E-state index < -0.39 is 0 Å². The lowest BCUT2D eigenvalue weighted by molar-refractivity contribution is 0.994. The number of thiol groups is 1. The number of para-hydroxylation sites is 1. The molecule has 0 amide bonds. The monoisotopic (exact) mass is 192 g/mol. The maximum Gasteiger partial charge on any atom is 0.101 e. The van der Waals surface area contributed by atoms with Crippen molar-refractivity contribution in [3.8, 4) is 6.07 Å². The van der Waals surface area contributed by atoms with Gasteiger partial charge < -0.3 is 5.32 Å². The number of hydrogen-bond acceptors (Lipinski definition) is 3. The minimum absolute atomic E-state index is 0.696. The summed E-state index contributed by atoms with van der Waals surface area (Å²) in [5.41, 5.74) is 1.61. The van der Waals surface area contributed by atoms with Gasteiger partial charge in [0.05, 0.1) is 11.3 Å². The highest BCUT2D eigenvalue weighted by Gasteiger charge is 1.97. The van der Waals surface area contributed by atoms with Gasteiger partial charge in [0.15, 0.2) is 0 Å². The maximum atomic E-state index is 8.77. The van der Waals surface area contributed by atoms with Crippen LogP contribution in [0.1, 0.15) is 12.0 Å². The van der Waals surface area contributed by atoms with Gasteiger partial charge in [-0.2, -0.15) is 17.9 Å². The maximum absolute atomic E-state index is 8.77. The Morgan fingerprint density at radius 2 is 2.15 bits per heavy atom. The predicted molar refractivity (Wildman–Crippen MR) is 58.1 cm³/mol. The highest BCUT2D eigenvalue weighted by molar-refractivity contribution is 7.80. The van der Waals surface area contributed by atoms with Crippen molar-refractivity contribution in [1.29, 1.82) is 5.26 Å². The van der Waals surface area contributed by atoms with Crippen molar-refractivity contribution < 1.29 is 0 Å². The summed E-state index contributed by atoms with van der Waals surface area (Å²) in [6, 6.07) is 9.65. The molecule has 1 rings (SSSR count). The van der Waals surface area contributed by atoms with Gasteiger partial charge in [0.2, 0.25) is 0 Å². The topological polar surface area (TPSA) is 35.8 Å². The quantitative estimate of drug-likeness (QED) is 0.567. The van der Waals surface area contributed by atoms with Crippen molar-refractivity contribution in [2.75, 3.05) is 17.6 Å². The number of nitriles is 1. The van der Waals surface area contributed by atoms with Crippen LogP contribution in [-0.2, 0) is 0 Å². The Labute approximate surface area is 84.0 Å². The lowest BCUT2D eigenvalue weighted by Crippen LogP contribution is -2.03. The van der Waals surface area contributed by atoms with E-state index >= 15 is 0 Å². The number of nitrogens with zero attached hydrogens (tertiary/aromatic N) is 1. The molecule has 3 heteroatoms. The summed E-state index contributed by atoms with van der Waals surface area (Å²) >= 11 is 4.11. The second kappa shape index (κ2) is 5.50. The van der Waals surface area contributed by atoms with Crippen molar-refractivity contribution >= 4 is 18.3 Å². The number of nitrogens with one attached hydrogen (secondary N) is 1. The van der Waals surface area contributed by atoms with E-state index in [0.717, 1.165) is 24.4 Å². The van der Waals surface area contributed by atoms with E-state index in [9.17, 15) is 0 Å². The highest BCUT2D eigenvalue weighted by atomic mass is 32.1. The summed E-state index contributed by atoms with van der Waals surface area (Å²) in [5.74, 6) is 0.863. The summed E-state index contributed by atoms with van der Waals surface area (Å²) in [4.78, 5) is 0. The molecule has 13 heavy (non-hydrogen) atoms. The zero-order valence-corrected chi connectivity index (χ0v) is 8.22. The molecule has 2 nitrogen and oxygen atoms in total. The molecule has 1 aromatic carbocycles. The molecule has 0 spiro atoms. The normalized spacial score (nSPS) is 9.23.